The first kappa shape index (κ1) is 17.6. The highest BCUT2D eigenvalue weighted by Gasteiger charge is 2.16. The maximum absolute atomic E-state index is 12.2. The number of hydrogen-bond donors (Lipinski definition) is 1. The molecule has 2 aromatic carbocycles. The van der Waals surface area contributed by atoms with Crippen LogP contribution in [0.1, 0.15) is 11.1 Å². The summed E-state index contributed by atoms with van der Waals surface area (Å²) in [5.41, 5.74) is 4.79. The Kier molecular flexibility index (Phi) is 5.84. The number of benzene rings is 2. The van der Waals surface area contributed by atoms with Gasteiger partial charge in [0.15, 0.2) is 0 Å². The van der Waals surface area contributed by atoms with Crippen LogP contribution in [0.4, 0.5) is 0 Å². The van der Waals surface area contributed by atoms with Gasteiger partial charge in [-0.15, -0.1) is 0 Å². The normalized spacial score (nSPS) is 15.9. The molecule has 4 nitrogen and oxygen atoms in total. The molecular formula is C21H27N3O. The van der Waals surface area contributed by atoms with Crippen LogP contribution in [0.25, 0.3) is 11.1 Å². The van der Waals surface area contributed by atoms with Gasteiger partial charge in [-0.2, -0.15) is 0 Å². The minimum Gasteiger partial charge on any atom is -0.351 e. The largest absolute Gasteiger partial charge is 0.351 e. The third-order valence-electron chi connectivity index (χ3n) is 4.73. The number of aryl methyl sites for hydroxylation is 1. The summed E-state index contributed by atoms with van der Waals surface area (Å²) in [6.07, 6.45) is 0. The van der Waals surface area contributed by atoms with E-state index < -0.39 is 0 Å². The fraction of sp³-hybridized carbons (Fsp3) is 0.381. The smallest absolute Gasteiger partial charge is 0.234 e. The molecule has 1 amide bonds. The molecule has 0 atom stereocenters. The standard InChI is InChI=1S/C21H27N3O/c1-17-5-3-7-19(13-17)20-8-4-6-18(14-20)15-22-21(25)16-24-11-9-23(2)10-12-24/h3-8,13-14H,9-12,15-16H2,1-2H3,(H,22,25). The van der Waals surface area contributed by atoms with Gasteiger partial charge in [0.2, 0.25) is 5.91 Å². The molecule has 0 bridgehead atoms. The molecule has 4 heteroatoms. The fourth-order valence-electron chi connectivity index (χ4n) is 3.15. The summed E-state index contributed by atoms with van der Waals surface area (Å²) in [6, 6.07) is 16.9. The molecule has 0 unspecified atom stereocenters. The second-order valence-corrected chi connectivity index (χ2v) is 6.93. The van der Waals surface area contributed by atoms with Crippen LogP contribution in [0.3, 0.4) is 0 Å². The first-order valence-electron chi connectivity index (χ1n) is 8.94. The Morgan fingerprint density at radius 1 is 1.00 bits per heavy atom. The molecule has 0 radical (unpaired) electrons. The van der Waals surface area contributed by atoms with E-state index in [1.165, 1.54) is 16.7 Å². The zero-order chi connectivity index (χ0) is 17.6. The van der Waals surface area contributed by atoms with Crippen LogP contribution in [0.2, 0.25) is 0 Å². The van der Waals surface area contributed by atoms with E-state index in [1.54, 1.807) is 0 Å². The maximum atomic E-state index is 12.2. The van der Waals surface area contributed by atoms with E-state index in [4.69, 9.17) is 0 Å². The number of carbonyl (C=O) groups is 1. The summed E-state index contributed by atoms with van der Waals surface area (Å²) >= 11 is 0. The summed E-state index contributed by atoms with van der Waals surface area (Å²) in [5, 5.41) is 3.05. The molecule has 3 rings (SSSR count). The van der Waals surface area contributed by atoms with Crippen molar-refractivity contribution in [1.29, 1.82) is 0 Å². The van der Waals surface area contributed by atoms with Crippen LogP contribution >= 0.6 is 0 Å². The average Bonchev–Trinajstić information content (AvgIpc) is 2.62. The van der Waals surface area contributed by atoms with Gasteiger partial charge in [0, 0.05) is 32.7 Å². The molecule has 1 N–H and O–H groups in total. The van der Waals surface area contributed by atoms with Crippen molar-refractivity contribution in [3.05, 3.63) is 59.7 Å². The highest BCUT2D eigenvalue weighted by molar-refractivity contribution is 5.78. The van der Waals surface area contributed by atoms with Gasteiger partial charge in [-0.3, -0.25) is 9.69 Å². The second kappa shape index (κ2) is 8.28. The molecule has 2 aromatic rings. The van der Waals surface area contributed by atoms with Crippen LogP contribution in [0.15, 0.2) is 48.5 Å². The second-order valence-electron chi connectivity index (χ2n) is 6.93. The number of hydrogen-bond acceptors (Lipinski definition) is 3. The molecule has 0 aromatic heterocycles. The van der Waals surface area contributed by atoms with Crippen LogP contribution < -0.4 is 5.32 Å². The van der Waals surface area contributed by atoms with Crippen molar-refractivity contribution in [2.24, 2.45) is 0 Å². The number of rotatable bonds is 5. The van der Waals surface area contributed by atoms with Crippen LogP contribution in [0.5, 0.6) is 0 Å². The molecular weight excluding hydrogens is 310 g/mol. The first-order chi connectivity index (χ1) is 12.1. The molecule has 1 fully saturated rings. The van der Waals surface area contributed by atoms with Gasteiger partial charge < -0.3 is 10.2 Å². The molecule has 1 heterocycles. The fourth-order valence-corrected chi connectivity index (χ4v) is 3.15. The van der Waals surface area contributed by atoms with Gasteiger partial charge in [0.1, 0.15) is 0 Å². The van der Waals surface area contributed by atoms with Crippen molar-refractivity contribution >= 4 is 5.91 Å². The van der Waals surface area contributed by atoms with Crippen LogP contribution in [-0.4, -0.2) is 55.5 Å². The van der Waals surface area contributed by atoms with Gasteiger partial charge in [-0.1, -0.05) is 48.0 Å². The quantitative estimate of drug-likeness (QED) is 0.911. The summed E-state index contributed by atoms with van der Waals surface area (Å²) in [5.74, 6) is 0.102. The van der Waals surface area contributed by atoms with Crippen molar-refractivity contribution in [3.8, 4) is 11.1 Å². The lowest BCUT2D eigenvalue weighted by atomic mass is 10.0. The number of likely N-dealkylation sites (N-methyl/N-ethyl adjacent to an activating group) is 1. The number of amides is 1. The van der Waals surface area contributed by atoms with Crippen molar-refractivity contribution in [1.82, 2.24) is 15.1 Å². The Hall–Kier alpha value is -2.17. The SMILES string of the molecule is Cc1cccc(-c2cccc(CNC(=O)CN3CCN(C)CC3)c2)c1. The van der Waals surface area contributed by atoms with E-state index in [2.05, 4.69) is 77.6 Å². The predicted octanol–water partition coefficient (Wildman–Crippen LogP) is 2.53. The molecule has 25 heavy (non-hydrogen) atoms. The van der Waals surface area contributed by atoms with Gasteiger partial charge in [-0.05, 0) is 36.7 Å². The van der Waals surface area contributed by atoms with Crippen LogP contribution in [0, 0.1) is 6.92 Å². The highest BCUT2D eigenvalue weighted by atomic mass is 16.2. The van der Waals surface area contributed by atoms with Crippen molar-refractivity contribution in [2.45, 2.75) is 13.5 Å². The number of piperazine rings is 1. The lowest BCUT2D eigenvalue weighted by Crippen LogP contribution is -2.48. The monoisotopic (exact) mass is 337 g/mol. The molecule has 1 aliphatic rings. The van der Waals surface area contributed by atoms with Gasteiger partial charge in [-0.25, -0.2) is 0 Å². The van der Waals surface area contributed by atoms with Gasteiger partial charge in [0.05, 0.1) is 6.54 Å². The molecule has 1 saturated heterocycles. The Morgan fingerprint density at radius 2 is 1.68 bits per heavy atom. The lowest BCUT2D eigenvalue weighted by Gasteiger charge is -2.31. The van der Waals surface area contributed by atoms with E-state index in [0.29, 0.717) is 13.1 Å². The van der Waals surface area contributed by atoms with Crippen molar-refractivity contribution in [3.63, 3.8) is 0 Å². The topological polar surface area (TPSA) is 35.6 Å². The Morgan fingerprint density at radius 3 is 2.40 bits per heavy atom. The van der Waals surface area contributed by atoms with E-state index in [9.17, 15) is 4.79 Å². The Labute approximate surface area is 150 Å². The third-order valence-corrected chi connectivity index (χ3v) is 4.73. The van der Waals surface area contributed by atoms with Gasteiger partial charge >= 0.3 is 0 Å². The molecule has 0 saturated carbocycles. The van der Waals surface area contributed by atoms with Crippen LogP contribution in [-0.2, 0) is 11.3 Å². The van der Waals surface area contributed by atoms with E-state index >= 15 is 0 Å². The molecule has 0 spiro atoms. The Balaban J connectivity index is 1.54. The molecule has 1 aliphatic heterocycles. The number of nitrogens with one attached hydrogen (secondary N) is 1. The van der Waals surface area contributed by atoms with E-state index in [1.807, 2.05) is 0 Å². The average molecular weight is 337 g/mol. The Bertz CT molecular complexity index is 721. The van der Waals surface area contributed by atoms with Crippen molar-refractivity contribution < 1.29 is 4.79 Å². The summed E-state index contributed by atoms with van der Waals surface area (Å²) < 4.78 is 0. The third kappa shape index (κ3) is 5.15. The summed E-state index contributed by atoms with van der Waals surface area (Å²) in [6.45, 7) is 7.17. The number of nitrogens with zero attached hydrogens (tertiary/aromatic N) is 2. The summed E-state index contributed by atoms with van der Waals surface area (Å²) in [4.78, 5) is 16.7. The minimum absolute atomic E-state index is 0.102. The first-order valence-corrected chi connectivity index (χ1v) is 8.94. The minimum atomic E-state index is 0.102. The van der Waals surface area contributed by atoms with E-state index in [0.717, 1.165) is 31.7 Å². The van der Waals surface area contributed by atoms with Crippen molar-refractivity contribution in [2.75, 3.05) is 39.8 Å². The zero-order valence-corrected chi connectivity index (χ0v) is 15.2. The van der Waals surface area contributed by atoms with E-state index in [-0.39, 0.29) is 5.91 Å². The zero-order valence-electron chi connectivity index (χ0n) is 15.2. The predicted molar refractivity (Wildman–Crippen MR) is 102 cm³/mol. The highest BCUT2D eigenvalue weighted by Crippen LogP contribution is 2.21. The van der Waals surface area contributed by atoms with Gasteiger partial charge in [0.25, 0.3) is 0 Å². The maximum Gasteiger partial charge on any atom is 0.234 e. The molecule has 0 aliphatic carbocycles. The summed E-state index contributed by atoms with van der Waals surface area (Å²) in [7, 11) is 2.12. The number of carbonyl (C=O) groups excluding carboxylic acids is 1. The lowest BCUT2D eigenvalue weighted by molar-refractivity contribution is -0.122. The molecule has 132 valence electrons.